The molecule has 0 saturated carbocycles. The van der Waals surface area contributed by atoms with Crippen molar-refractivity contribution in [3.8, 4) is 0 Å². The Hall–Kier alpha value is 0.180. The van der Waals surface area contributed by atoms with Crippen molar-refractivity contribution in [2.75, 3.05) is 12.6 Å². The maximum absolute atomic E-state index is 10.9. The van der Waals surface area contributed by atoms with E-state index in [1.165, 1.54) is 0 Å². The third-order valence-electron chi connectivity index (χ3n) is 0.267. The van der Waals surface area contributed by atoms with Crippen molar-refractivity contribution >= 4 is 11.6 Å². The number of hydrogen-bond donors (Lipinski definition) is 1. The maximum Gasteiger partial charge on any atom is 0.0905 e. The van der Waals surface area contributed by atoms with Gasteiger partial charge in [0, 0.05) is 5.88 Å². The Morgan fingerprint density at radius 3 is 2.00 bits per heavy atom. The molecule has 0 saturated heterocycles. The largest absolute Gasteiger partial charge is 0.344 e. The lowest BCUT2D eigenvalue weighted by Gasteiger charge is -1.74. The van der Waals surface area contributed by atoms with E-state index in [2.05, 4.69) is 0 Å². The molecule has 0 aliphatic carbocycles. The second-order valence-electron chi connectivity index (χ2n) is 0.732. The van der Waals surface area contributed by atoms with Gasteiger partial charge in [0.2, 0.25) is 0 Å². The minimum absolute atomic E-state index is 0. The summed E-state index contributed by atoms with van der Waals surface area (Å²) in [6.45, 7) is -0.288. The van der Waals surface area contributed by atoms with Crippen molar-refractivity contribution in [3.63, 3.8) is 0 Å². The first-order valence-corrected chi connectivity index (χ1v) is 2.07. The van der Waals surface area contributed by atoms with Gasteiger partial charge in [-0.1, -0.05) is 0 Å². The Kier molecular flexibility index (Phi) is 14.2. The van der Waals surface area contributed by atoms with Crippen molar-refractivity contribution in [3.05, 3.63) is 0 Å². The van der Waals surface area contributed by atoms with Crippen LogP contribution in [0.25, 0.3) is 0 Å². The molecule has 3 N–H and O–H groups in total. The molecule has 0 aromatic carbocycles. The van der Waals surface area contributed by atoms with Gasteiger partial charge in [0.05, 0.1) is 6.67 Å². The summed E-state index contributed by atoms with van der Waals surface area (Å²) in [6.07, 6.45) is 0.488. The van der Waals surface area contributed by atoms with Crippen molar-refractivity contribution in [2.45, 2.75) is 6.42 Å². The minimum atomic E-state index is -0.288. The van der Waals surface area contributed by atoms with Crippen molar-refractivity contribution in [2.24, 2.45) is 0 Å². The highest BCUT2D eigenvalue weighted by Gasteiger charge is 1.73. The highest BCUT2D eigenvalue weighted by Crippen LogP contribution is 1.81. The standard InChI is InChI=1S/C3H6ClF.H3N/c4-2-1-3-5;/h1-3H2;1H3. The lowest BCUT2D eigenvalue weighted by molar-refractivity contribution is 0.488. The molecule has 0 aromatic heterocycles. The predicted octanol–water partition coefficient (Wildman–Crippen LogP) is 1.75. The molecule has 0 radical (unpaired) electrons. The summed E-state index contributed by atoms with van der Waals surface area (Å²) >= 11 is 5.06. The normalized spacial score (nSPS) is 7.00. The Morgan fingerprint density at radius 1 is 1.50 bits per heavy atom. The summed E-state index contributed by atoms with van der Waals surface area (Å²) in [4.78, 5) is 0. The predicted molar refractivity (Wildman–Crippen MR) is 26.3 cm³/mol. The van der Waals surface area contributed by atoms with Crippen LogP contribution in [0.2, 0.25) is 0 Å². The number of rotatable bonds is 2. The van der Waals surface area contributed by atoms with E-state index in [9.17, 15) is 4.39 Å². The molecule has 6 heavy (non-hydrogen) atoms. The van der Waals surface area contributed by atoms with Gasteiger partial charge >= 0.3 is 0 Å². The molecule has 40 valence electrons. The first-order chi connectivity index (χ1) is 2.41. The molecule has 0 aliphatic heterocycles. The van der Waals surface area contributed by atoms with E-state index in [-0.39, 0.29) is 12.8 Å². The first kappa shape index (κ1) is 9.49. The Balaban J connectivity index is 0. The summed E-state index contributed by atoms with van der Waals surface area (Å²) in [7, 11) is 0. The highest BCUT2D eigenvalue weighted by molar-refractivity contribution is 6.17. The van der Waals surface area contributed by atoms with Crippen LogP contribution < -0.4 is 6.15 Å². The average Bonchev–Trinajstić information content (AvgIpc) is 1.41. The zero-order chi connectivity index (χ0) is 4.12. The minimum Gasteiger partial charge on any atom is -0.344 e. The molecule has 0 aromatic rings. The number of alkyl halides is 2. The van der Waals surface area contributed by atoms with Gasteiger partial charge < -0.3 is 6.15 Å². The molecule has 0 bridgehead atoms. The smallest absolute Gasteiger partial charge is 0.0905 e. The van der Waals surface area contributed by atoms with E-state index < -0.39 is 0 Å². The van der Waals surface area contributed by atoms with Crippen LogP contribution in [0.3, 0.4) is 0 Å². The van der Waals surface area contributed by atoms with E-state index in [4.69, 9.17) is 11.6 Å². The van der Waals surface area contributed by atoms with Gasteiger partial charge in [-0.15, -0.1) is 11.6 Å². The Labute approximate surface area is 42.1 Å². The third-order valence-corrected chi connectivity index (χ3v) is 0.535. The maximum atomic E-state index is 10.9. The highest BCUT2D eigenvalue weighted by atomic mass is 35.5. The number of halogens is 2. The zero-order valence-corrected chi connectivity index (χ0v) is 4.34. The van der Waals surface area contributed by atoms with Gasteiger partial charge in [0.1, 0.15) is 0 Å². The van der Waals surface area contributed by atoms with Gasteiger partial charge in [-0.05, 0) is 6.42 Å². The summed E-state index contributed by atoms with van der Waals surface area (Å²) in [6, 6.07) is 0. The molecule has 0 aliphatic rings. The molecule has 0 heterocycles. The van der Waals surface area contributed by atoms with Crippen molar-refractivity contribution in [1.29, 1.82) is 0 Å². The second-order valence-corrected chi connectivity index (χ2v) is 1.11. The fourth-order valence-corrected chi connectivity index (χ4v) is 0.152. The van der Waals surface area contributed by atoms with Crippen LogP contribution in [0.15, 0.2) is 0 Å². The van der Waals surface area contributed by atoms with Crippen LogP contribution in [0, 0.1) is 0 Å². The van der Waals surface area contributed by atoms with E-state index in [0.29, 0.717) is 12.3 Å². The van der Waals surface area contributed by atoms with Crippen LogP contribution in [0.1, 0.15) is 6.42 Å². The molecule has 1 nitrogen and oxygen atoms in total. The SMILES string of the molecule is FCCCCl.N. The Bertz CT molecular complexity index is 18.3. The van der Waals surface area contributed by atoms with Gasteiger partial charge in [0.25, 0.3) is 0 Å². The van der Waals surface area contributed by atoms with Crippen LogP contribution in [0.5, 0.6) is 0 Å². The zero-order valence-electron chi connectivity index (χ0n) is 3.58. The molecular weight excluding hydrogens is 104 g/mol. The lowest BCUT2D eigenvalue weighted by atomic mass is 10.6. The fourth-order valence-electron chi connectivity index (χ4n) is 0.0505. The Morgan fingerprint density at radius 2 is 2.00 bits per heavy atom. The van der Waals surface area contributed by atoms with E-state index >= 15 is 0 Å². The van der Waals surface area contributed by atoms with Crippen LogP contribution in [-0.2, 0) is 0 Å². The molecule has 0 rings (SSSR count). The van der Waals surface area contributed by atoms with Crippen LogP contribution in [-0.4, -0.2) is 12.6 Å². The quantitative estimate of drug-likeness (QED) is 0.544. The van der Waals surface area contributed by atoms with E-state index in [1.54, 1.807) is 0 Å². The van der Waals surface area contributed by atoms with Gasteiger partial charge in [0.15, 0.2) is 0 Å². The topological polar surface area (TPSA) is 35.0 Å². The van der Waals surface area contributed by atoms with Gasteiger partial charge in [-0.2, -0.15) is 0 Å². The van der Waals surface area contributed by atoms with Crippen LogP contribution in [0.4, 0.5) is 4.39 Å². The fraction of sp³-hybridized carbons (Fsp3) is 1.00. The number of hydrogen-bond acceptors (Lipinski definition) is 1. The summed E-state index contributed by atoms with van der Waals surface area (Å²) in [5, 5.41) is 0. The molecule has 0 fully saturated rings. The second kappa shape index (κ2) is 8.95. The summed E-state index contributed by atoms with van der Waals surface area (Å²) in [5.41, 5.74) is 0. The van der Waals surface area contributed by atoms with E-state index in [0.717, 1.165) is 0 Å². The molecule has 0 spiro atoms. The van der Waals surface area contributed by atoms with Gasteiger partial charge in [-0.3, -0.25) is 4.39 Å². The van der Waals surface area contributed by atoms with Crippen molar-refractivity contribution in [1.82, 2.24) is 6.15 Å². The first-order valence-electron chi connectivity index (χ1n) is 1.53. The summed E-state index contributed by atoms with van der Waals surface area (Å²) in [5.74, 6) is 0.441. The lowest BCUT2D eigenvalue weighted by Crippen LogP contribution is -1.72. The molecule has 3 heteroatoms. The van der Waals surface area contributed by atoms with Crippen molar-refractivity contribution < 1.29 is 4.39 Å². The average molecular weight is 114 g/mol. The van der Waals surface area contributed by atoms with Gasteiger partial charge in [-0.25, -0.2) is 0 Å². The van der Waals surface area contributed by atoms with E-state index in [1.807, 2.05) is 0 Å². The third kappa shape index (κ3) is 8.89. The van der Waals surface area contributed by atoms with Crippen LogP contribution >= 0.6 is 11.6 Å². The summed E-state index contributed by atoms with van der Waals surface area (Å²) < 4.78 is 10.9. The molecular formula is C3H9ClFN. The monoisotopic (exact) mass is 113 g/mol. The molecule has 0 amide bonds. The molecule has 0 atom stereocenters. The molecule has 0 unspecified atom stereocenters.